The SMILES string of the molecule is CSc1ncc2ncnc(Nc3ccc(F)c(F)c3)c2n1. The van der Waals surface area contributed by atoms with Crippen molar-refractivity contribution in [3.63, 3.8) is 0 Å². The lowest BCUT2D eigenvalue weighted by Crippen LogP contribution is -2.00. The largest absolute Gasteiger partial charge is 0.338 e. The summed E-state index contributed by atoms with van der Waals surface area (Å²) in [4.78, 5) is 16.6. The van der Waals surface area contributed by atoms with Crippen molar-refractivity contribution in [2.75, 3.05) is 11.6 Å². The van der Waals surface area contributed by atoms with Crippen LogP contribution in [0.15, 0.2) is 35.9 Å². The van der Waals surface area contributed by atoms with Crippen molar-refractivity contribution in [3.8, 4) is 0 Å². The molecule has 0 spiro atoms. The molecule has 0 aliphatic rings. The van der Waals surface area contributed by atoms with E-state index in [1.54, 1.807) is 6.20 Å². The highest BCUT2D eigenvalue weighted by molar-refractivity contribution is 7.98. The summed E-state index contributed by atoms with van der Waals surface area (Å²) in [5.41, 5.74) is 1.45. The number of aromatic nitrogens is 4. The molecule has 0 atom stereocenters. The molecule has 1 aromatic carbocycles. The predicted octanol–water partition coefficient (Wildman–Crippen LogP) is 3.16. The molecule has 0 aliphatic heterocycles. The van der Waals surface area contributed by atoms with Crippen molar-refractivity contribution in [2.45, 2.75) is 5.16 Å². The fourth-order valence-electron chi connectivity index (χ4n) is 1.74. The quantitative estimate of drug-likeness (QED) is 0.592. The molecule has 0 amide bonds. The molecule has 0 radical (unpaired) electrons. The van der Waals surface area contributed by atoms with Gasteiger partial charge in [0, 0.05) is 11.8 Å². The van der Waals surface area contributed by atoms with Gasteiger partial charge in [-0.15, -0.1) is 0 Å². The third kappa shape index (κ3) is 2.75. The Bertz CT molecular complexity index is 812. The normalized spacial score (nSPS) is 10.8. The Morgan fingerprint density at radius 3 is 2.71 bits per heavy atom. The van der Waals surface area contributed by atoms with Gasteiger partial charge in [-0.25, -0.2) is 28.7 Å². The van der Waals surface area contributed by atoms with Crippen LogP contribution in [0.4, 0.5) is 20.3 Å². The summed E-state index contributed by atoms with van der Waals surface area (Å²) < 4.78 is 26.2. The minimum atomic E-state index is -0.933. The first-order valence-corrected chi connectivity index (χ1v) is 7.13. The van der Waals surface area contributed by atoms with Crippen LogP contribution < -0.4 is 5.32 Å². The molecular formula is C13H9F2N5S. The minimum Gasteiger partial charge on any atom is -0.338 e. The summed E-state index contributed by atoms with van der Waals surface area (Å²) in [5.74, 6) is -1.43. The number of fused-ring (bicyclic) bond motifs is 1. The van der Waals surface area contributed by atoms with E-state index < -0.39 is 11.6 Å². The van der Waals surface area contributed by atoms with Crippen molar-refractivity contribution in [1.29, 1.82) is 0 Å². The summed E-state index contributed by atoms with van der Waals surface area (Å²) in [6, 6.07) is 3.52. The molecule has 0 fully saturated rings. The highest BCUT2D eigenvalue weighted by atomic mass is 32.2. The number of thioether (sulfide) groups is 1. The molecule has 8 heteroatoms. The van der Waals surface area contributed by atoms with Crippen LogP contribution in [0.1, 0.15) is 0 Å². The number of hydrogen-bond donors (Lipinski definition) is 1. The second-order valence-electron chi connectivity index (χ2n) is 4.07. The van der Waals surface area contributed by atoms with Gasteiger partial charge in [0.2, 0.25) is 0 Å². The lowest BCUT2D eigenvalue weighted by Gasteiger charge is -2.08. The van der Waals surface area contributed by atoms with Crippen molar-refractivity contribution in [3.05, 3.63) is 42.4 Å². The van der Waals surface area contributed by atoms with Crippen LogP contribution in [-0.2, 0) is 0 Å². The molecule has 106 valence electrons. The highest BCUT2D eigenvalue weighted by Gasteiger charge is 2.09. The molecule has 0 unspecified atom stereocenters. The third-order valence-electron chi connectivity index (χ3n) is 2.72. The maximum Gasteiger partial charge on any atom is 0.188 e. The first-order chi connectivity index (χ1) is 10.2. The van der Waals surface area contributed by atoms with Gasteiger partial charge in [0.1, 0.15) is 17.4 Å². The van der Waals surface area contributed by atoms with Crippen LogP contribution in [0, 0.1) is 11.6 Å². The monoisotopic (exact) mass is 305 g/mol. The zero-order chi connectivity index (χ0) is 14.8. The van der Waals surface area contributed by atoms with E-state index in [1.807, 2.05) is 6.26 Å². The van der Waals surface area contributed by atoms with Gasteiger partial charge in [-0.05, 0) is 18.4 Å². The van der Waals surface area contributed by atoms with Crippen molar-refractivity contribution >= 4 is 34.3 Å². The van der Waals surface area contributed by atoms with Crippen LogP contribution in [0.2, 0.25) is 0 Å². The number of anilines is 2. The van der Waals surface area contributed by atoms with E-state index in [0.29, 0.717) is 27.7 Å². The average molecular weight is 305 g/mol. The fourth-order valence-corrected chi connectivity index (χ4v) is 2.08. The lowest BCUT2D eigenvalue weighted by molar-refractivity contribution is 0.509. The molecule has 0 bridgehead atoms. The predicted molar refractivity (Wildman–Crippen MR) is 76.5 cm³/mol. The minimum absolute atomic E-state index is 0.373. The molecule has 3 aromatic rings. The second kappa shape index (κ2) is 5.57. The van der Waals surface area contributed by atoms with Crippen LogP contribution in [0.3, 0.4) is 0 Å². The number of nitrogens with zero attached hydrogens (tertiary/aromatic N) is 4. The number of benzene rings is 1. The molecule has 2 aromatic heterocycles. The van der Waals surface area contributed by atoms with Crippen LogP contribution >= 0.6 is 11.8 Å². The van der Waals surface area contributed by atoms with Gasteiger partial charge in [0.25, 0.3) is 0 Å². The molecule has 0 saturated carbocycles. The summed E-state index contributed by atoms with van der Waals surface area (Å²) >= 11 is 1.39. The van der Waals surface area contributed by atoms with E-state index in [0.717, 1.165) is 12.1 Å². The second-order valence-corrected chi connectivity index (χ2v) is 4.84. The smallest absolute Gasteiger partial charge is 0.188 e. The molecule has 0 saturated heterocycles. The average Bonchev–Trinajstić information content (AvgIpc) is 2.51. The Kier molecular flexibility index (Phi) is 3.61. The standard InChI is InChI=1S/C13H9F2N5S/c1-21-13-16-5-10-11(20-13)12(18-6-17-10)19-7-2-3-8(14)9(15)4-7/h2-6H,1H3,(H,17,18,19). The molecule has 21 heavy (non-hydrogen) atoms. The van der Waals surface area contributed by atoms with E-state index in [1.165, 1.54) is 24.2 Å². The van der Waals surface area contributed by atoms with E-state index in [4.69, 9.17) is 0 Å². The lowest BCUT2D eigenvalue weighted by atomic mass is 10.3. The van der Waals surface area contributed by atoms with E-state index in [2.05, 4.69) is 25.3 Å². The third-order valence-corrected chi connectivity index (χ3v) is 3.28. The van der Waals surface area contributed by atoms with Crippen molar-refractivity contribution in [2.24, 2.45) is 0 Å². The zero-order valence-electron chi connectivity index (χ0n) is 10.8. The Balaban J connectivity index is 2.05. The van der Waals surface area contributed by atoms with Gasteiger partial charge < -0.3 is 5.32 Å². The van der Waals surface area contributed by atoms with E-state index >= 15 is 0 Å². The van der Waals surface area contributed by atoms with Gasteiger partial charge in [-0.2, -0.15) is 0 Å². The molecule has 1 N–H and O–H groups in total. The number of hydrogen-bond acceptors (Lipinski definition) is 6. The van der Waals surface area contributed by atoms with Crippen molar-refractivity contribution < 1.29 is 8.78 Å². The maximum absolute atomic E-state index is 13.2. The van der Waals surface area contributed by atoms with E-state index in [9.17, 15) is 8.78 Å². The van der Waals surface area contributed by atoms with Crippen LogP contribution in [0.5, 0.6) is 0 Å². The maximum atomic E-state index is 13.2. The molecule has 0 aliphatic carbocycles. The highest BCUT2D eigenvalue weighted by Crippen LogP contribution is 2.23. The number of halogens is 2. The zero-order valence-corrected chi connectivity index (χ0v) is 11.7. The Morgan fingerprint density at radius 2 is 1.95 bits per heavy atom. The Morgan fingerprint density at radius 1 is 1.10 bits per heavy atom. The molecule has 2 heterocycles. The first kappa shape index (κ1) is 13.6. The van der Waals surface area contributed by atoms with E-state index in [-0.39, 0.29) is 0 Å². The molecule has 5 nitrogen and oxygen atoms in total. The van der Waals surface area contributed by atoms with Crippen molar-refractivity contribution in [1.82, 2.24) is 19.9 Å². The fraction of sp³-hybridized carbons (Fsp3) is 0.0769. The number of rotatable bonds is 3. The van der Waals surface area contributed by atoms with Gasteiger partial charge >= 0.3 is 0 Å². The van der Waals surface area contributed by atoms with Gasteiger partial charge in [0.05, 0.1) is 6.20 Å². The first-order valence-electron chi connectivity index (χ1n) is 5.91. The number of nitrogens with one attached hydrogen (secondary N) is 1. The summed E-state index contributed by atoms with van der Waals surface area (Å²) in [6.45, 7) is 0. The molecular weight excluding hydrogens is 296 g/mol. The molecule has 3 rings (SSSR count). The van der Waals surface area contributed by atoms with Crippen LogP contribution in [0.25, 0.3) is 11.0 Å². The summed E-state index contributed by atoms with van der Waals surface area (Å²) in [7, 11) is 0. The van der Waals surface area contributed by atoms with Gasteiger partial charge in [-0.3, -0.25) is 0 Å². The van der Waals surface area contributed by atoms with Gasteiger partial charge in [-0.1, -0.05) is 11.8 Å². The summed E-state index contributed by atoms with van der Waals surface area (Å²) in [6.07, 6.45) is 4.80. The van der Waals surface area contributed by atoms with Gasteiger partial charge in [0.15, 0.2) is 22.6 Å². The Labute approximate surface area is 122 Å². The Hall–Kier alpha value is -2.35. The van der Waals surface area contributed by atoms with Crippen LogP contribution in [-0.4, -0.2) is 26.2 Å². The summed E-state index contributed by atoms with van der Waals surface area (Å²) in [5, 5.41) is 3.48. The topological polar surface area (TPSA) is 63.6 Å².